The Kier molecular flexibility index (Phi) is 5.65. The van der Waals surface area contributed by atoms with Gasteiger partial charge in [0.2, 0.25) is 0 Å². The summed E-state index contributed by atoms with van der Waals surface area (Å²) in [6.07, 6.45) is 2.67. The predicted octanol–water partition coefficient (Wildman–Crippen LogP) is 0.826. The van der Waals surface area contributed by atoms with E-state index in [2.05, 4.69) is 10.3 Å². The van der Waals surface area contributed by atoms with E-state index in [1.165, 1.54) is 17.3 Å². The molecule has 0 spiro atoms. The van der Waals surface area contributed by atoms with E-state index in [9.17, 15) is 14.7 Å². The number of pyridine rings is 1. The van der Waals surface area contributed by atoms with Crippen LogP contribution in [0, 0.1) is 0 Å². The molecule has 0 unspecified atom stereocenters. The van der Waals surface area contributed by atoms with Crippen molar-refractivity contribution >= 4 is 11.8 Å². The highest BCUT2D eigenvalue weighted by Gasteiger charge is 2.32. The average molecular weight is 359 g/mol. The van der Waals surface area contributed by atoms with Gasteiger partial charge < -0.3 is 24.5 Å². The van der Waals surface area contributed by atoms with Crippen LogP contribution in [0.15, 0.2) is 41.1 Å². The van der Waals surface area contributed by atoms with Crippen molar-refractivity contribution in [2.45, 2.75) is 25.2 Å². The van der Waals surface area contributed by atoms with Gasteiger partial charge in [-0.15, -0.1) is 0 Å². The second-order valence-corrected chi connectivity index (χ2v) is 6.12. The first kappa shape index (κ1) is 18.1. The maximum atomic E-state index is 12.5. The summed E-state index contributed by atoms with van der Waals surface area (Å²) in [7, 11) is 1.55. The zero-order chi connectivity index (χ0) is 18.5. The molecule has 1 fully saturated rings. The first-order chi connectivity index (χ1) is 12.6. The minimum Gasteiger partial charge on any atom is -0.453 e. The molecule has 1 aliphatic heterocycles. The van der Waals surface area contributed by atoms with Gasteiger partial charge in [0.25, 0.3) is 11.8 Å². The minimum atomic E-state index is -0.855. The number of piperidine rings is 1. The number of methoxy groups -OCH3 is 1. The minimum absolute atomic E-state index is 0.125. The van der Waals surface area contributed by atoms with Crippen LogP contribution in [0.1, 0.15) is 33.1 Å². The summed E-state index contributed by atoms with van der Waals surface area (Å²) in [6.45, 7) is 0.830. The normalized spacial score (nSPS) is 20.0. The summed E-state index contributed by atoms with van der Waals surface area (Å²) < 4.78 is 10.4. The Bertz CT molecular complexity index is 761. The second kappa shape index (κ2) is 8.11. The van der Waals surface area contributed by atoms with Gasteiger partial charge in [0.1, 0.15) is 12.4 Å². The molecule has 2 aromatic rings. The molecule has 2 atom stereocenters. The molecule has 0 bridgehead atoms. The fourth-order valence-corrected chi connectivity index (χ4v) is 2.91. The molecule has 0 aromatic carbocycles. The van der Waals surface area contributed by atoms with Crippen molar-refractivity contribution in [3.05, 3.63) is 53.7 Å². The van der Waals surface area contributed by atoms with E-state index in [4.69, 9.17) is 9.15 Å². The van der Waals surface area contributed by atoms with Gasteiger partial charge in [0, 0.05) is 38.2 Å². The molecule has 1 saturated heterocycles. The number of hydrogen-bond acceptors (Lipinski definition) is 6. The van der Waals surface area contributed by atoms with Crippen LogP contribution in [0.2, 0.25) is 0 Å². The molecule has 0 aliphatic carbocycles. The number of carbonyl (C=O) groups excluding carboxylic acids is 2. The van der Waals surface area contributed by atoms with Crippen molar-refractivity contribution in [3.63, 3.8) is 0 Å². The number of ether oxygens (including phenoxy) is 1. The maximum absolute atomic E-state index is 12.5. The molecular weight excluding hydrogens is 338 g/mol. The van der Waals surface area contributed by atoms with Gasteiger partial charge in [-0.3, -0.25) is 14.6 Å². The number of carbonyl (C=O) groups is 2. The van der Waals surface area contributed by atoms with E-state index in [0.717, 1.165) is 0 Å². The summed E-state index contributed by atoms with van der Waals surface area (Å²) in [5.41, 5.74) is 0.479. The highest BCUT2D eigenvalue weighted by Crippen LogP contribution is 2.17. The summed E-state index contributed by atoms with van der Waals surface area (Å²) >= 11 is 0. The SMILES string of the molecule is COCc1ccc(C(=O)N2CC[C@@H](NC(=O)c3ccncc3)[C@H](O)C2)o1. The molecular formula is C18H21N3O5. The molecule has 138 valence electrons. The fraction of sp³-hybridized carbons (Fsp3) is 0.389. The Morgan fingerprint density at radius 1 is 1.35 bits per heavy atom. The third kappa shape index (κ3) is 4.09. The lowest BCUT2D eigenvalue weighted by molar-refractivity contribution is 0.0293. The lowest BCUT2D eigenvalue weighted by Gasteiger charge is -2.35. The molecule has 1 aliphatic rings. The van der Waals surface area contributed by atoms with Gasteiger partial charge in [-0.25, -0.2) is 0 Å². The molecule has 26 heavy (non-hydrogen) atoms. The Morgan fingerprint density at radius 3 is 2.81 bits per heavy atom. The van der Waals surface area contributed by atoms with Gasteiger partial charge in [0.15, 0.2) is 5.76 Å². The summed E-state index contributed by atoms with van der Waals surface area (Å²) in [4.78, 5) is 30.1. The van der Waals surface area contributed by atoms with E-state index in [1.807, 2.05) is 0 Å². The number of amides is 2. The lowest BCUT2D eigenvalue weighted by Crippen LogP contribution is -2.55. The van der Waals surface area contributed by atoms with Gasteiger partial charge >= 0.3 is 0 Å². The van der Waals surface area contributed by atoms with Crippen LogP contribution in [-0.2, 0) is 11.3 Å². The second-order valence-electron chi connectivity index (χ2n) is 6.12. The van der Waals surface area contributed by atoms with E-state index in [-0.39, 0.29) is 24.1 Å². The Morgan fingerprint density at radius 2 is 2.12 bits per heavy atom. The Balaban J connectivity index is 1.57. The number of furan rings is 1. The number of aromatic nitrogens is 1. The number of likely N-dealkylation sites (tertiary alicyclic amines) is 1. The number of nitrogens with zero attached hydrogens (tertiary/aromatic N) is 2. The van der Waals surface area contributed by atoms with Gasteiger partial charge in [-0.1, -0.05) is 0 Å². The van der Waals surface area contributed by atoms with Gasteiger partial charge in [0.05, 0.1) is 12.1 Å². The summed E-state index contributed by atoms with van der Waals surface area (Å²) in [5.74, 6) is 0.219. The monoisotopic (exact) mass is 359 g/mol. The highest BCUT2D eigenvalue weighted by atomic mass is 16.5. The van der Waals surface area contributed by atoms with E-state index >= 15 is 0 Å². The number of aliphatic hydroxyl groups excluding tert-OH is 1. The zero-order valence-corrected chi connectivity index (χ0v) is 14.4. The molecule has 3 heterocycles. The third-order valence-electron chi connectivity index (χ3n) is 4.29. The molecule has 0 radical (unpaired) electrons. The number of β-amino-alcohol motifs (C(OH)–C–C–N with tert-alkyl or cyclic N) is 1. The molecule has 0 saturated carbocycles. The maximum Gasteiger partial charge on any atom is 0.289 e. The third-order valence-corrected chi connectivity index (χ3v) is 4.29. The van der Waals surface area contributed by atoms with Gasteiger partial charge in [-0.2, -0.15) is 0 Å². The standard InChI is InChI=1S/C18H21N3O5/c1-25-11-13-2-3-16(26-13)18(24)21-9-6-14(15(22)10-21)20-17(23)12-4-7-19-8-5-12/h2-5,7-8,14-15,22H,6,9-11H2,1H3,(H,20,23)/t14-,15-/m1/s1. The highest BCUT2D eigenvalue weighted by molar-refractivity contribution is 5.94. The molecule has 2 N–H and O–H groups in total. The topological polar surface area (TPSA) is 105 Å². The Hall–Kier alpha value is -2.71. The largest absolute Gasteiger partial charge is 0.453 e. The van der Waals surface area contributed by atoms with Crippen LogP contribution >= 0.6 is 0 Å². The summed E-state index contributed by atoms with van der Waals surface area (Å²) in [5, 5.41) is 13.2. The molecule has 8 heteroatoms. The van der Waals surface area contributed by atoms with Crippen molar-refractivity contribution in [2.75, 3.05) is 20.2 Å². The number of aliphatic hydroxyl groups is 1. The van der Waals surface area contributed by atoms with Gasteiger partial charge in [-0.05, 0) is 30.7 Å². The predicted molar refractivity (Wildman–Crippen MR) is 91.4 cm³/mol. The van der Waals surface area contributed by atoms with E-state index < -0.39 is 12.1 Å². The van der Waals surface area contributed by atoms with Crippen molar-refractivity contribution < 1.29 is 23.8 Å². The Labute approximate surface area is 150 Å². The molecule has 3 rings (SSSR count). The van der Waals surface area contributed by atoms with Crippen LogP contribution in [0.4, 0.5) is 0 Å². The van der Waals surface area contributed by atoms with Crippen LogP contribution in [-0.4, -0.2) is 59.1 Å². The lowest BCUT2D eigenvalue weighted by atomic mass is 10.0. The average Bonchev–Trinajstić information content (AvgIpc) is 3.12. The number of hydrogen-bond donors (Lipinski definition) is 2. The zero-order valence-electron chi connectivity index (χ0n) is 14.4. The molecule has 8 nitrogen and oxygen atoms in total. The fourth-order valence-electron chi connectivity index (χ4n) is 2.91. The van der Waals surface area contributed by atoms with Crippen molar-refractivity contribution in [2.24, 2.45) is 0 Å². The van der Waals surface area contributed by atoms with Crippen LogP contribution in [0.25, 0.3) is 0 Å². The summed E-state index contributed by atoms with van der Waals surface area (Å²) in [6, 6.07) is 6.08. The van der Waals surface area contributed by atoms with Crippen LogP contribution in [0.5, 0.6) is 0 Å². The van der Waals surface area contributed by atoms with Crippen molar-refractivity contribution in [1.82, 2.24) is 15.2 Å². The quantitative estimate of drug-likeness (QED) is 0.819. The molecule has 2 aromatic heterocycles. The molecule has 2 amide bonds. The van der Waals surface area contributed by atoms with Crippen molar-refractivity contribution in [1.29, 1.82) is 0 Å². The van der Waals surface area contributed by atoms with Crippen molar-refractivity contribution in [3.8, 4) is 0 Å². The van der Waals surface area contributed by atoms with E-state index in [0.29, 0.717) is 30.9 Å². The first-order valence-corrected chi connectivity index (χ1v) is 8.34. The smallest absolute Gasteiger partial charge is 0.289 e. The van der Waals surface area contributed by atoms with E-state index in [1.54, 1.807) is 31.4 Å². The number of rotatable bonds is 5. The first-order valence-electron chi connectivity index (χ1n) is 8.34. The van der Waals surface area contributed by atoms with Crippen LogP contribution in [0.3, 0.4) is 0 Å². The number of nitrogens with one attached hydrogen (secondary N) is 1. The van der Waals surface area contributed by atoms with Crippen LogP contribution < -0.4 is 5.32 Å².